The van der Waals surface area contributed by atoms with E-state index in [-0.39, 0.29) is 43.0 Å². The minimum atomic E-state index is -1.52. The van der Waals surface area contributed by atoms with Gasteiger partial charge < -0.3 is 32.2 Å². The zero-order valence-electron chi connectivity index (χ0n) is 21.9. The molecular formula is C27H30N6O8. The molecule has 14 nitrogen and oxygen atoms in total. The van der Waals surface area contributed by atoms with Crippen LogP contribution >= 0.6 is 0 Å². The number of hydrogen-bond acceptors (Lipinski definition) is 7. The second-order valence-corrected chi connectivity index (χ2v) is 9.33. The Balaban J connectivity index is 1.99. The van der Waals surface area contributed by atoms with Gasteiger partial charge in [-0.2, -0.15) is 0 Å². The number of carbonyl (C=O) groups is 5. The van der Waals surface area contributed by atoms with Crippen LogP contribution in [0.3, 0.4) is 0 Å². The van der Waals surface area contributed by atoms with Gasteiger partial charge in [-0.05, 0) is 30.5 Å². The molecule has 216 valence electrons. The summed E-state index contributed by atoms with van der Waals surface area (Å²) in [5, 5.41) is 14.3. The number of carbonyl (C=O) groups excluding carboxylic acids is 4. The molecule has 3 atom stereocenters. The zero-order chi connectivity index (χ0) is 30.1. The molecule has 14 heteroatoms. The van der Waals surface area contributed by atoms with Gasteiger partial charge in [0.2, 0.25) is 23.6 Å². The van der Waals surface area contributed by atoms with E-state index >= 15 is 0 Å². The molecule has 1 aromatic heterocycles. The van der Waals surface area contributed by atoms with Crippen LogP contribution in [0, 0.1) is 0 Å². The summed E-state index contributed by atoms with van der Waals surface area (Å²) < 4.78 is 0.751. The van der Waals surface area contributed by atoms with Crippen molar-refractivity contribution in [2.24, 2.45) is 11.5 Å². The first kappa shape index (κ1) is 30.3. The van der Waals surface area contributed by atoms with E-state index < -0.39 is 59.0 Å². The number of aromatic nitrogens is 2. The number of benzene rings is 2. The molecule has 8 N–H and O–H groups in total. The Kier molecular flexibility index (Phi) is 10.1. The second kappa shape index (κ2) is 13.7. The van der Waals surface area contributed by atoms with Crippen molar-refractivity contribution in [2.75, 3.05) is 0 Å². The van der Waals surface area contributed by atoms with Gasteiger partial charge in [0.25, 0.3) is 5.56 Å². The van der Waals surface area contributed by atoms with Crippen molar-refractivity contribution in [2.45, 2.75) is 50.2 Å². The standard InChI is InChI=1S/C27H30N6O8/c28-21(34)12-10-18(23(36)31-19(26(39)40)11-13-22(29)35)30-24(37)20(14-15-6-2-1-3-7-15)33-25(38)16-8-4-5-9-17(16)32-27(33)41/h1-9,18-20H,10-14H2,(H2,28,34)(H2,29,35)(H,30,37)(H,31,36)(H,32,41)(H,39,40)/t18-,19-,20-/m0/s1. The molecule has 0 unspecified atom stereocenters. The molecule has 0 radical (unpaired) electrons. The van der Waals surface area contributed by atoms with Gasteiger partial charge in [-0.25, -0.2) is 14.2 Å². The van der Waals surface area contributed by atoms with Gasteiger partial charge in [-0.3, -0.25) is 24.0 Å². The highest BCUT2D eigenvalue weighted by molar-refractivity contribution is 5.92. The van der Waals surface area contributed by atoms with Gasteiger partial charge >= 0.3 is 11.7 Å². The minimum absolute atomic E-state index is 0.117. The van der Waals surface area contributed by atoms with E-state index in [1.165, 1.54) is 12.1 Å². The maximum Gasteiger partial charge on any atom is 0.329 e. The van der Waals surface area contributed by atoms with Gasteiger partial charge in [-0.15, -0.1) is 0 Å². The van der Waals surface area contributed by atoms with Crippen LogP contribution in [0.2, 0.25) is 0 Å². The SMILES string of the molecule is NC(=O)CC[C@H](NC(=O)[C@H](CCC(N)=O)NC(=O)[C@H](Cc1ccccc1)n1c(=O)[nH]c2ccccc2c1=O)C(=O)O. The van der Waals surface area contributed by atoms with E-state index in [0.717, 1.165) is 4.57 Å². The lowest BCUT2D eigenvalue weighted by molar-refractivity contribution is -0.142. The predicted octanol–water partition coefficient (Wildman–Crippen LogP) is -0.941. The maximum atomic E-state index is 13.7. The van der Waals surface area contributed by atoms with Crippen molar-refractivity contribution < 1.29 is 29.1 Å². The van der Waals surface area contributed by atoms with Crippen LogP contribution in [-0.4, -0.2) is 56.3 Å². The Bertz CT molecular complexity index is 1570. The highest BCUT2D eigenvalue weighted by Crippen LogP contribution is 2.15. The molecular weight excluding hydrogens is 536 g/mol. The number of fused-ring (bicyclic) bond motifs is 1. The molecule has 0 saturated carbocycles. The molecule has 0 aliphatic rings. The molecule has 0 aliphatic heterocycles. The number of nitrogens with two attached hydrogens (primary N) is 2. The Labute approximate surface area is 232 Å². The number of hydrogen-bond donors (Lipinski definition) is 6. The lowest BCUT2D eigenvalue weighted by atomic mass is 10.0. The minimum Gasteiger partial charge on any atom is -0.480 e. The number of rotatable bonds is 14. The molecule has 3 rings (SSSR count). The zero-order valence-corrected chi connectivity index (χ0v) is 21.9. The fourth-order valence-electron chi connectivity index (χ4n) is 4.24. The molecule has 0 fully saturated rings. The van der Waals surface area contributed by atoms with Crippen molar-refractivity contribution in [1.29, 1.82) is 0 Å². The van der Waals surface area contributed by atoms with Crippen LogP contribution in [0.15, 0.2) is 64.2 Å². The number of aliphatic carboxylic acids is 1. The van der Waals surface area contributed by atoms with Crippen LogP contribution < -0.4 is 33.3 Å². The molecule has 0 spiro atoms. The van der Waals surface area contributed by atoms with Gasteiger partial charge in [0, 0.05) is 19.3 Å². The van der Waals surface area contributed by atoms with E-state index in [1.54, 1.807) is 42.5 Å². The van der Waals surface area contributed by atoms with E-state index in [4.69, 9.17) is 11.5 Å². The van der Waals surface area contributed by atoms with Crippen molar-refractivity contribution in [3.63, 3.8) is 0 Å². The van der Waals surface area contributed by atoms with Crippen molar-refractivity contribution in [1.82, 2.24) is 20.2 Å². The highest BCUT2D eigenvalue weighted by Gasteiger charge is 2.31. The molecule has 0 bridgehead atoms. The summed E-state index contributed by atoms with van der Waals surface area (Å²) in [5.41, 5.74) is 9.58. The topological polar surface area (TPSA) is 237 Å². The largest absolute Gasteiger partial charge is 0.480 e. The third kappa shape index (κ3) is 8.11. The lowest BCUT2D eigenvalue weighted by Gasteiger charge is -2.24. The number of nitrogens with one attached hydrogen (secondary N) is 3. The second-order valence-electron chi connectivity index (χ2n) is 9.33. The summed E-state index contributed by atoms with van der Waals surface area (Å²) in [7, 11) is 0. The van der Waals surface area contributed by atoms with Crippen molar-refractivity contribution in [3.8, 4) is 0 Å². The van der Waals surface area contributed by atoms with E-state index in [1.807, 2.05) is 0 Å². The molecule has 3 aromatic rings. The predicted molar refractivity (Wildman–Crippen MR) is 146 cm³/mol. The fraction of sp³-hybridized carbons (Fsp3) is 0.296. The Morgan fingerprint density at radius 1 is 0.805 bits per heavy atom. The van der Waals surface area contributed by atoms with Gasteiger partial charge in [0.05, 0.1) is 10.9 Å². The first-order chi connectivity index (χ1) is 19.5. The number of para-hydroxylation sites is 1. The summed E-state index contributed by atoms with van der Waals surface area (Å²) in [6.45, 7) is 0. The molecule has 2 aromatic carbocycles. The van der Waals surface area contributed by atoms with E-state index in [0.29, 0.717) is 5.56 Å². The third-order valence-electron chi connectivity index (χ3n) is 6.33. The van der Waals surface area contributed by atoms with Crippen LogP contribution in [-0.2, 0) is 30.4 Å². The summed E-state index contributed by atoms with van der Waals surface area (Å²) in [6, 6.07) is 10.4. The van der Waals surface area contributed by atoms with Crippen LogP contribution in [0.4, 0.5) is 0 Å². The molecule has 1 heterocycles. The Hall–Kier alpha value is -5.27. The van der Waals surface area contributed by atoms with E-state index in [2.05, 4.69) is 15.6 Å². The van der Waals surface area contributed by atoms with Crippen molar-refractivity contribution in [3.05, 3.63) is 81.0 Å². The number of amides is 4. The maximum absolute atomic E-state index is 13.7. The molecule has 0 saturated heterocycles. The highest BCUT2D eigenvalue weighted by atomic mass is 16.4. The van der Waals surface area contributed by atoms with Crippen molar-refractivity contribution >= 4 is 40.5 Å². The monoisotopic (exact) mass is 566 g/mol. The lowest BCUT2D eigenvalue weighted by Crippen LogP contribution is -2.54. The molecule has 4 amide bonds. The number of carboxylic acids is 1. The summed E-state index contributed by atoms with van der Waals surface area (Å²) >= 11 is 0. The Morgan fingerprint density at radius 2 is 1.37 bits per heavy atom. The number of aromatic amines is 1. The first-order valence-electron chi connectivity index (χ1n) is 12.7. The van der Waals surface area contributed by atoms with Crippen LogP contribution in [0.5, 0.6) is 0 Å². The van der Waals surface area contributed by atoms with Gasteiger partial charge in [0.1, 0.15) is 18.1 Å². The third-order valence-corrected chi connectivity index (χ3v) is 6.33. The smallest absolute Gasteiger partial charge is 0.329 e. The Morgan fingerprint density at radius 3 is 1.98 bits per heavy atom. The summed E-state index contributed by atoms with van der Waals surface area (Å²) in [6.07, 6.45) is -1.42. The fourth-order valence-corrected chi connectivity index (χ4v) is 4.24. The quantitative estimate of drug-likeness (QED) is 0.142. The number of H-pyrrole nitrogens is 1. The van der Waals surface area contributed by atoms with Gasteiger partial charge in [-0.1, -0.05) is 42.5 Å². The normalized spacial score (nSPS) is 13.1. The van der Waals surface area contributed by atoms with E-state index in [9.17, 15) is 38.7 Å². The average molecular weight is 567 g/mol. The van der Waals surface area contributed by atoms with Crippen LogP contribution in [0.25, 0.3) is 10.9 Å². The average Bonchev–Trinajstić information content (AvgIpc) is 2.92. The molecule has 41 heavy (non-hydrogen) atoms. The number of nitrogens with zero attached hydrogens (tertiary/aromatic N) is 1. The summed E-state index contributed by atoms with van der Waals surface area (Å²) in [5.74, 6) is -4.90. The summed E-state index contributed by atoms with van der Waals surface area (Å²) in [4.78, 5) is 90.0. The van der Waals surface area contributed by atoms with Crippen LogP contribution in [0.1, 0.15) is 37.3 Å². The first-order valence-corrected chi connectivity index (χ1v) is 12.7. The number of primary amides is 2. The molecule has 0 aliphatic carbocycles. The van der Waals surface area contributed by atoms with Gasteiger partial charge in [0.15, 0.2) is 0 Å². The number of carboxylic acid groups (broad SMARTS) is 1.